The van der Waals surface area contributed by atoms with Crippen LogP contribution in [-0.2, 0) is 0 Å². The molecule has 0 atom stereocenters. The molecular formula is C29H21FO4. The van der Waals surface area contributed by atoms with Gasteiger partial charge in [-0.05, 0) is 73.7 Å². The molecule has 0 bridgehead atoms. The van der Waals surface area contributed by atoms with Gasteiger partial charge in [-0.25, -0.2) is 4.39 Å². The van der Waals surface area contributed by atoms with E-state index < -0.39 is 0 Å². The number of fused-ring (bicyclic) bond motifs is 2. The summed E-state index contributed by atoms with van der Waals surface area (Å²) in [6.07, 6.45) is 0. The Balaban J connectivity index is 0.000000142. The molecule has 5 heteroatoms. The number of hydrogen-bond acceptors (Lipinski definition) is 4. The van der Waals surface area contributed by atoms with E-state index in [0.717, 1.165) is 33.2 Å². The van der Waals surface area contributed by atoms with Gasteiger partial charge in [0.25, 0.3) is 0 Å². The molecule has 0 fully saturated rings. The number of benzene rings is 4. The molecular weight excluding hydrogens is 430 g/mol. The van der Waals surface area contributed by atoms with E-state index in [1.807, 2.05) is 24.3 Å². The van der Waals surface area contributed by atoms with Crippen LogP contribution in [0.5, 0.6) is 11.5 Å². The summed E-state index contributed by atoms with van der Waals surface area (Å²) in [7, 11) is 0. The third-order valence-corrected chi connectivity index (χ3v) is 5.47. The highest BCUT2D eigenvalue weighted by Gasteiger charge is 2.07. The number of phenols is 2. The summed E-state index contributed by atoms with van der Waals surface area (Å²) in [6.45, 7) is 2.06. The van der Waals surface area contributed by atoms with Gasteiger partial charge in [0.2, 0.25) is 0 Å². The first-order chi connectivity index (χ1) is 16.4. The lowest BCUT2D eigenvalue weighted by atomic mass is 10.1. The largest absolute Gasteiger partial charge is 0.508 e. The Hall–Kier alpha value is -4.51. The molecule has 0 saturated heterocycles. The van der Waals surface area contributed by atoms with Gasteiger partial charge < -0.3 is 19.0 Å². The molecule has 6 rings (SSSR count). The van der Waals surface area contributed by atoms with Gasteiger partial charge in [-0.3, -0.25) is 0 Å². The van der Waals surface area contributed by atoms with Crippen LogP contribution in [-0.4, -0.2) is 10.2 Å². The monoisotopic (exact) mass is 451 g/mol. The summed E-state index contributed by atoms with van der Waals surface area (Å²) < 4.78 is 24.1. The molecule has 6 aromatic rings. The fourth-order valence-corrected chi connectivity index (χ4v) is 3.67. The second-order valence-electron chi connectivity index (χ2n) is 8.04. The van der Waals surface area contributed by atoms with E-state index >= 15 is 0 Å². The van der Waals surface area contributed by atoms with Gasteiger partial charge in [-0.1, -0.05) is 29.8 Å². The average molecular weight is 451 g/mol. The Kier molecular flexibility index (Phi) is 5.52. The van der Waals surface area contributed by atoms with Crippen LogP contribution < -0.4 is 0 Å². The lowest BCUT2D eigenvalue weighted by molar-refractivity contribution is 0.474. The molecule has 2 aromatic heterocycles. The molecule has 0 aliphatic carbocycles. The number of halogens is 1. The van der Waals surface area contributed by atoms with E-state index in [1.54, 1.807) is 48.5 Å². The van der Waals surface area contributed by atoms with Gasteiger partial charge in [0.05, 0.1) is 0 Å². The van der Waals surface area contributed by atoms with Gasteiger partial charge in [0, 0.05) is 28.0 Å². The van der Waals surface area contributed by atoms with Gasteiger partial charge in [-0.15, -0.1) is 0 Å². The quantitative estimate of drug-likeness (QED) is 0.279. The SMILES string of the molecule is Cc1ccc(-c2cc3cc(O)ccc3o2)cc1.Oc1ccc2cc(-c3ccc([18F])cc3)oc2c1. The van der Waals surface area contributed by atoms with Crippen molar-refractivity contribution in [3.63, 3.8) is 0 Å². The minimum absolute atomic E-state index is 0.164. The summed E-state index contributed by atoms with van der Waals surface area (Å²) in [5.74, 6) is 1.63. The van der Waals surface area contributed by atoms with Crippen LogP contribution in [0, 0.1) is 12.7 Å². The zero-order valence-corrected chi connectivity index (χ0v) is 18.3. The Bertz CT molecular complexity index is 1450. The molecule has 0 amide bonds. The van der Waals surface area contributed by atoms with Crippen LogP contribution >= 0.6 is 0 Å². The van der Waals surface area contributed by atoms with E-state index in [9.17, 15) is 14.6 Å². The van der Waals surface area contributed by atoms with Crippen molar-refractivity contribution in [2.45, 2.75) is 6.92 Å². The second kappa shape index (κ2) is 8.79. The van der Waals surface area contributed by atoms with Crippen molar-refractivity contribution in [2.24, 2.45) is 0 Å². The van der Waals surface area contributed by atoms with Gasteiger partial charge >= 0.3 is 0 Å². The summed E-state index contributed by atoms with van der Waals surface area (Å²) in [5, 5.41) is 20.6. The van der Waals surface area contributed by atoms with E-state index in [-0.39, 0.29) is 17.3 Å². The van der Waals surface area contributed by atoms with Crippen LogP contribution in [0.2, 0.25) is 0 Å². The molecule has 4 nitrogen and oxygen atoms in total. The Morgan fingerprint density at radius 1 is 0.559 bits per heavy atom. The van der Waals surface area contributed by atoms with Crippen LogP contribution in [0.3, 0.4) is 0 Å². The summed E-state index contributed by atoms with van der Waals surface area (Å²) in [6, 6.07) is 28.1. The fourth-order valence-electron chi connectivity index (χ4n) is 3.67. The standard InChI is InChI=1S/C15H12O2.C14H9FO2/c1-10-2-4-11(5-3-10)15-9-12-8-13(16)6-7-14(12)17-15;15-11-4-1-9(2-5-11)13-7-10-3-6-12(16)8-14(10)17-13/h2-9,16H,1H3;1-8,16H/i;15-1. The van der Waals surface area contributed by atoms with Gasteiger partial charge in [0.1, 0.15) is 40.0 Å². The van der Waals surface area contributed by atoms with Crippen molar-refractivity contribution in [1.29, 1.82) is 0 Å². The van der Waals surface area contributed by atoms with Crippen LogP contribution in [0.25, 0.3) is 44.6 Å². The van der Waals surface area contributed by atoms with Crippen molar-refractivity contribution in [3.8, 4) is 34.1 Å². The van der Waals surface area contributed by atoms with Crippen LogP contribution in [0.15, 0.2) is 106 Å². The molecule has 0 spiro atoms. The highest BCUT2D eigenvalue weighted by molar-refractivity contribution is 5.84. The molecule has 0 saturated carbocycles. The average Bonchev–Trinajstić information content (AvgIpc) is 3.44. The van der Waals surface area contributed by atoms with Gasteiger partial charge in [-0.2, -0.15) is 0 Å². The highest BCUT2D eigenvalue weighted by atomic mass is 18.2. The van der Waals surface area contributed by atoms with E-state index in [0.29, 0.717) is 11.3 Å². The third-order valence-electron chi connectivity index (χ3n) is 5.47. The van der Waals surface area contributed by atoms with E-state index in [2.05, 4.69) is 19.1 Å². The zero-order chi connectivity index (χ0) is 23.7. The number of phenolic OH excluding ortho intramolecular Hbond substituents is 2. The molecule has 0 aliphatic heterocycles. The van der Waals surface area contributed by atoms with Crippen LogP contribution in [0.1, 0.15) is 5.56 Å². The zero-order valence-electron chi connectivity index (χ0n) is 18.3. The predicted octanol–water partition coefficient (Wildman–Crippen LogP) is 8.06. The van der Waals surface area contributed by atoms with Crippen molar-refractivity contribution in [3.05, 3.63) is 108 Å². The smallest absolute Gasteiger partial charge is 0.138 e. The number of furan rings is 2. The summed E-state index contributed by atoms with van der Waals surface area (Å²) in [5.41, 5.74) is 4.48. The maximum Gasteiger partial charge on any atom is 0.138 e. The molecule has 0 aliphatic rings. The van der Waals surface area contributed by atoms with Crippen molar-refractivity contribution >= 4 is 21.9 Å². The molecule has 0 unspecified atom stereocenters. The van der Waals surface area contributed by atoms with Crippen LogP contribution in [0.4, 0.5) is 4.39 Å². The molecule has 2 heterocycles. The number of aryl methyl sites for hydroxylation is 1. The Labute approximate surface area is 195 Å². The van der Waals surface area contributed by atoms with Crippen molar-refractivity contribution in [1.82, 2.24) is 0 Å². The molecule has 34 heavy (non-hydrogen) atoms. The normalized spacial score (nSPS) is 10.9. The molecule has 2 N–H and O–H groups in total. The maximum atomic E-state index is 12.8. The number of hydrogen-bond donors (Lipinski definition) is 2. The lowest BCUT2D eigenvalue weighted by Gasteiger charge is -1.96. The first-order valence-corrected chi connectivity index (χ1v) is 10.7. The highest BCUT2D eigenvalue weighted by Crippen LogP contribution is 2.31. The minimum atomic E-state index is -0.275. The van der Waals surface area contributed by atoms with Crippen molar-refractivity contribution in [2.75, 3.05) is 0 Å². The van der Waals surface area contributed by atoms with Crippen molar-refractivity contribution < 1.29 is 23.4 Å². The molecule has 0 radical (unpaired) electrons. The third kappa shape index (κ3) is 4.50. The topological polar surface area (TPSA) is 66.7 Å². The molecule has 4 aromatic carbocycles. The molecule has 168 valence electrons. The minimum Gasteiger partial charge on any atom is -0.508 e. The first-order valence-electron chi connectivity index (χ1n) is 10.7. The van der Waals surface area contributed by atoms with E-state index in [4.69, 9.17) is 8.83 Å². The first kappa shape index (κ1) is 21.3. The second-order valence-corrected chi connectivity index (χ2v) is 8.04. The summed E-state index contributed by atoms with van der Waals surface area (Å²) in [4.78, 5) is 0. The maximum absolute atomic E-state index is 12.8. The number of rotatable bonds is 2. The Morgan fingerprint density at radius 2 is 1.12 bits per heavy atom. The lowest BCUT2D eigenvalue weighted by Crippen LogP contribution is -1.74. The van der Waals surface area contributed by atoms with E-state index in [1.165, 1.54) is 17.7 Å². The number of aromatic hydroxyl groups is 2. The Morgan fingerprint density at radius 3 is 1.82 bits per heavy atom. The van der Waals surface area contributed by atoms with Gasteiger partial charge in [0.15, 0.2) is 0 Å². The summed E-state index contributed by atoms with van der Waals surface area (Å²) >= 11 is 0. The predicted molar refractivity (Wildman–Crippen MR) is 131 cm³/mol. The fraction of sp³-hybridized carbons (Fsp3) is 0.0345.